The van der Waals surface area contributed by atoms with Gasteiger partial charge in [-0.3, -0.25) is 0 Å². The molecule has 0 bridgehead atoms. The number of fused-ring (bicyclic) bond motifs is 9. The fourth-order valence-electron chi connectivity index (χ4n) is 9.77. The molecule has 0 saturated heterocycles. The topological polar surface area (TPSA) is 32.8 Å². The Morgan fingerprint density at radius 2 is 0.750 bits per heavy atom. The Labute approximate surface area is 375 Å². The van der Waals surface area contributed by atoms with Crippen molar-refractivity contribution in [2.24, 2.45) is 0 Å². The van der Waals surface area contributed by atoms with E-state index in [9.17, 15) is 0 Å². The summed E-state index contributed by atoms with van der Waals surface area (Å²) in [5, 5.41) is 8.91. The Hall–Kier alpha value is -7.30. The molecule has 4 nitrogen and oxygen atoms in total. The zero-order chi connectivity index (χ0) is 44.0. The molecule has 0 aliphatic rings. The SMILES string of the molecule is Cc1ccccc1N(c1ccc2cc3c(cc2c1)oc1ccc2oc4cc5cc(N(c6ccccc6C)c6cc(C(C)C)ccc6C)ccc5cc4c2c13)c1cc(C(C)C)ccc1C. The van der Waals surface area contributed by atoms with Crippen molar-refractivity contribution in [2.75, 3.05) is 9.80 Å². The lowest BCUT2D eigenvalue weighted by Gasteiger charge is -2.29. The van der Waals surface area contributed by atoms with Gasteiger partial charge in [-0.2, -0.15) is 0 Å². The van der Waals surface area contributed by atoms with Crippen molar-refractivity contribution >= 4 is 99.5 Å². The standard InChI is InChI=1S/C60H52N2O2/c1-35(2)41-19-17-39(7)53(31-41)61(51-15-11-9-13-37(51)5)47-23-21-43-29-49-57(33-45(43)27-47)63-55-25-26-56-60(59(49)55)50-30-44-22-24-48(28-46(44)34-58(50)64-56)62(52-16-12-10-14-38(52)6)54-32-42(36(3)4)20-18-40(54)8/h9-36H,1-8H3. The zero-order valence-corrected chi connectivity index (χ0v) is 37.9. The number of rotatable bonds is 8. The number of anilines is 6. The van der Waals surface area contributed by atoms with Crippen LogP contribution in [0.15, 0.2) is 167 Å². The smallest absolute Gasteiger partial charge is 0.136 e. The molecule has 0 aliphatic heterocycles. The van der Waals surface area contributed by atoms with Gasteiger partial charge in [0.2, 0.25) is 0 Å². The van der Waals surface area contributed by atoms with E-state index in [2.05, 4.69) is 223 Å². The van der Waals surface area contributed by atoms with Gasteiger partial charge in [-0.15, -0.1) is 0 Å². The van der Waals surface area contributed by atoms with Crippen molar-refractivity contribution in [3.8, 4) is 0 Å². The highest BCUT2D eigenvalue weighted by Crippen LogP contribution is 2.46. The van der Waals surface area contributed by atoms with Gasteiger partial charge in [-0.05, 0) is 179 Å². The molecule has 0 unspecified atom stereocenters. The average Bonchev–Trinajstić information content (AvgIpc) is 3.83. The molecule has 0 atom stereocenters. The first kappa shape index (κ1) is 39.5. The molecule has 9 aromatic carbocycles. The van der Waals surface area contributed by atoms with Gasteiger partial charge in [-0.25, -0.2) is 0 Å². The molecule has 0 saturated carbocycles. The number of aryl methyl sites for hydroxylation is 4. The van der Waals surface area contributed by atoms with Gasteiger partial charge < -0.3 is 18.6 Å². The van der Waals surface area contributed by atoms with Crippen molar-refractivity contribution < 1.29 is 8.83 Å². The Morgan fingerprint density at radius 1 is 0.344 bits per heavy atom. The monoisotopic (exact) mass is 832 g/mol. The summed E-state index contributed by atoms with van der Waals surface area (Å²) in [6.45, 7) is 17.8. The van der Waals surface area contributed by atoms with Gasteiger partial charge in [0.15, 0.2) is 0 Å². The average molecular weight is 833 g/mol. The molecule has 0 N–H and O–H groups in total. The molecular formula is C60H52N2O2. The highest BCUT2D eigenvalue weighted by molar-refractivity contribution is 6.28. The fourth-order valence-corrected chi connectivity index (χ4v) is 9.77. The van der Waals surface area contributed by atoms with Gasteiger partial charge in [0, 0.05) is 55.7 Å². The predicted octanol–water partition coefficient (Wildman–Crippen LogP) is 18.2. The van der Waals surface area contributed by atoms with E-state index in [-0.39, 0.29) is 0 Å². The largest absolute Gasteiger partial charge is 0.456 e. The molecule has 0 amide bonds. The van der Waals surface area contributed by atoms with E-state index in [1.807, 2.05) is 0 Å². The number of benzene rings is 9. The summed E-state index contributed by atoms with van der Waals surface area (Å²) in [5.41, 5.74) is 17.9. The number of hydrogen-bond donors (Lipinski definition) is 0. The third-order valence-electron chi connectivity index (χ3n) is 13.5. The lowest BCUT2D eigenvalue weighted by atomic mass is 9.98. The van der Waals surface area contributed by atoms with E-state index in [4.69, 9.17) is 8.83 Å². The van der Waals surface area contributed by atoms with Crippen LogP contribution in [0.5, 0.6) is 0 Å². The quantitative estimate of drug-likeness (QED) is 0.153. The van der Waals surface area contributed by atoms with Gasteiger partial charge in [0.25, 0.3) is 0 Å². The maximum absolute atomic E-state index is 6.73. The van der Waals surface area contributed by atoms with Crippen LogP contribution in [-0.4, -0.2) is 0 Å². The minimum Gasteiger partial charge on any atom is -0.456 e. The molecule has 0 spiro atoms. The van der Waals surface area contributed by atoms with E-state index in [1.54, 1.807) is 0 Å². The van der Waals surface area contributed by atoms with E-state index in [1.165, 1.54) is 56.1 Å². The molecule has 2 aromatic heterocycles. The first-order valence-electron chi connectivity index (χ1n) is 22.6. The van der Waals surface area contributed by atoms with Crippen LogP contribution in [-0.2, 0) is 0 Å². The van der Waals surface area contributed by atoms with Gasteiger partial charge in [0.05, 0.1) is 0 Å². The van der Waals surface area contributed by atoms with Crippen molar-refractivity contribution in [3.05, 3.63) is 191 Å². The van der Waals surface area contributed by atoms with Crippen LogP contribution in [0.3, 0.4) is 0 Å². The van der Waals surface area contributed by atoms with Gasteiger partial charge in [-0.1, -0.05) is 100 Å². The minimum atomic E-state index is 0.421. The summed E-state index contributed by atoms with van der Waals surface area (Å²) in [6.07, 6.45) is 0. The number of para-hydroxylation sites is 2. The highest BCUT2D eigenvalue weighted by atomic mass is 16.3. The maximum atomic E-state index is 6.73. The Balaban J connectivity index is 1.05. The van der Waals surface area contributed by atoms with E-state index >= 15 is 0 Å². The molecule has 2 heterocycles. The summed E-state index contributed by atoms with van der Waals surface area (Å²) in [4.78, 5) is 4.83. The summed E-state index contributed by atoms with van der Waals surface area (Å²) >= 11 is 0. The van der Waals surface area contributed by atoms with Gasteiger partial charge in [0.1, 0.15) is 22.3 Å². The Morgan fingerprint density at radius 3 is 1.16 bits per heavy atom. The summed E-state index contributed by atoms with van der Waals surface area (Å²) in [6, 6.07) is 57.8. The van der Waals surface area contributed by atoms with Crippen LogP contribution >= 0.6 is 0 Å². The molecule has 11 aromatic rings. The second-order valence-electron chi connectivity index (χ2n) is 18.4. The number of furan rings is 2. The third-order valence-corrected chi connectivity index (χ3v) is 13.5. The lowest BCUT2D eigenvalue weighted by molar-refractivity contribution is 0.663. The molecule has 4 heteroatoms. The van der Waals surface area contributed by atoms with E-state index < -0.39 is 0 Å². The van der Waals surface area contributed by atoms with Crippen molar-refractivity contribution in [1.82, 2.24) is 0 Å². The fraction of sp³-hybridized carbons (Fsp3) is 0.167. The van der Waals surface area contributed by atoms with Crippen LogP contribution in [0.2, 0.25) is 0 Å². The van der Waals surface area contributed by atoms with Crippen molar-refractivity contribution in [2.45, 2.75) is 67.2 Å². The normalized spacial score (nSPS) is 12.0. The number of nitrogens with zero attached hydrogens (tertiary/aromatic N) is 2. The second-order valence-corrected chi connectivity index (χ2v) is 18.4. The lowest BCUT2D eigenvalue weighted by Crippen LogP contribution is -2.13. The first-order chi connectivity index (χ1) is 31.0. The van der Waals surface area contributed by atoms with Crippen LogP contribution in [0.25, 0.3) is 65.4 Å². The molecule has 314 valence electrons. The summed E-state index contributed by atoms with van der Waals surface area (Å²) in [5.74, 6) is 0.841. The summed E-state index contributed by atoms with van der Waals surface area (Å²) < 4.78 is 13.5. The van der Waals surface area contributed by atoms with Crippen molar-refractivity contribution in [3.63, 3.8) is 0 Å². The molecule has 0 aliphatic carbocycles. The minimum absolute atomic E-state index is 0.421. The third kappa shape index (κ3) is 6.51. The summed E-state index contributed by atoms with van der Waals surface area (Å²) in [7, 11) is 0. The predicted molar refractivity (Wildman–Crippen MR) is 273 cm³/mol. The first-order valence-corrected chi connectivity index (χ1v) is 22.6. The molecule has 64 heavy (non-hydrogen) atoms. The van der Waals surface area contributed by atoms with E-state index in [0.29, 0.717) is 11.8 Å². The Kier molecular flexibility index (Phi) is 9.39. The number of hydrogen-bond acceptors (Lipinski definition) is 4. The van der Waals surface area contributed by atoms with Crippen molar-refractivity contribution in [1.29, 1.82) is 0 Å². The van der Waals surface area contributed by atoms with Crippen LogP contribution in [0.4, 0.5) is 34.1 Å². The zero-order valence-electron chi connectivity index (χ0n) is 37.9. The van der Waals surface area contributed by atoms with Crippen LogP contribution in [0.1, 0.15) is 72.9 Å². The van der Waals surface area contributed by atoms with Gasteiger partial charge >= 0.3 is 0 Å². The van der Waals surface area contributed by atoms with Crippen LogP contribution < -0.4 is 9.80 Å². The van der Waals surface area contributed by atoms with Crippen LogP contribution in [0, 0.1) is 27.7 Å². The molecular weight excluding hydrogens is 781 g/mol. The second kappa shape index (κ2) is 15.2. The molecule has 0 fully saturated rings. The Bertz CT molecular complexity index is 3400. The van der Waals surface area contributed by atoms with E-state index in [0.717, 1.165) is 76.8 Å². The maximum Gasteiger partial charge on any atom is 0.136 e. The highest BCUT2D eigenvalue weighted by Gasteiger charge is 2.22. The molecule has 11 rings (SSSR count). The molecule has 0 radical (unpaired) electrons.